The summed E-state index contributed by atoms with van der Waals surface area (Å²) in [5.74, 6) is 0.528. The lowest BCUT2D eigenvalue weighted by atomic mass is 10.1. The molecule has 0 aromatic heterocycles. The third kappa shape index (κ3) is 4.09. The highest BCUT2D eigenvalue weighted by molar-refractivity contribution is 5.94. The predicted octanol–water partition coefficient (Wildman–Crippen LogP) is 1.33. The summed E-state index contributed by atoms with van der Waals surface area (Å²) in [5.41, 5.74) is 1.65. The first-order chi connectivity index (χ1) is 11.2. The third-order valence-corrected chi connectivity index (χ3v) is 3.86. The van der Waals surface area contributed by atoms with Crippen molar-refractivity contribution in [2.75, 3.05) is 13.1 Å². The van der Waals surface area contributed by atoms with E-state index in [0.717, 1.165) is 5.56 Å². The van der Waals surface area contributed by atoms with Gasteiger partial charge in [0.15, 0.2) is 0 Å². The summed E-state index contributed by atoms with van der Waals surface area (Å²) in [7, 11) is 0. The Morgan fingerprint density at radius 2 is 1.87 bits per heavy atom. The van der Waals surface area contributed by atoms with E-state index in [1.54, 1.807) is 24.3 Å². The Labute approximate surface area is 135 Å². The van der Waals surface area contributed by atoms with E-state index in [4.69, 9.17) is 4.74 Å². The molecule has 5 heteroatoms. The quantitative estimate of drug-likeness (QED) is 0.779. The van der Waals surface area contributed by atoms with E-state index in [9.17, 15) is 9.90 Å². The van der Waals surface area contributed by atoms with Crippen molar-refractivity contribution in [3.05, 3.63) is 65.7 Å². The first-order valence-electron chi connectivity index (χ1n) is 7.69. The van der Waals surface area contributed by atoms with Crippen LogP contribution in [0.25, 0.3) is 0 Å². The summed E-state index contributed by atoms with van der Waals surface area (Å²) in [6.07, 6.45) is -0.535. The Kier molecular flexibility index (Phi) is 4.90. The molecular weight excluding hydrogens is 292 g/mol. The summed E-state index contributed by atoms with van der Waals surface area (Å²) in [6, 6.07) is 16.7. The molecule has 120 valence electrons. The number of aliphatic hydroxyl groups excluding tert-OH is 1. The second-order valence-electron chi connectivity index (χ2n) is 5.60. The second kappa shape index (κ2) is 7.26. The maximum atomic E-state index is 12.1. The molecule has 1 heterocycles. The summed E-state index contributed by atoms with van der Waals surface area (Å²) >= 11 is 0. The van der Waals surface area contributed by atoms with Gasteiger partial charge in [-0.3, -0.25) is 4.79 Å². The van der Waals surface area contributed by atoms with Gasteiger partial charge in [-0.05, 0) is 29.8 Å². The maximum Gasteiger partial charge on any atom is 0.251 e. The monoisotopic (exact) mass is 312 g/mol. The summed E-state index contributed by atoms with van der Waals surface area (Å²) < 4.78 is 5.70. The molecule has 0 spiro atoms. The maximum absolute atomic E-state index is 12.1. The van der Waals surface area contributed by atoms with E-state index in [-0.39, 0.29) is 11.9 Å². The molecule has 2 aromatic carbocycles. The molecule has 3 N–H and O–H groups in total. The van der Waals surface area contributed by atoms with Crippen molar-refractivity contribution in [3.63, 3.8) is 0 Å². The highest BCUT2D eigenvalue weighted by Crippen LogP contribution is 2.14. The number of nitrogens with one attached hydrogen (secondary N) is 2. The van der Waals surface area contributed by atoms with E-state index in [0.29, 0.717) is 31.0 Å². The van der Waals surface area contributed by atoms with Crippen LogP contribution >= 0.6 is 0 Å². The van der Waals surface area contributed by atoms with Gasteiger partial charge < -0.3 is 20.5 Å². The van der Waals surface area contributed by atoms with Gasteiger partial charge in [-0.1, -0.05) is 30.3 Å². The van der Waals surface area contributed by atoms with Crippen molar-refractivity contribution in [1.82, 2.24) is 10.6 Å². The Morgan fingerprint density at radius 1 is 1.13 bits per heavy atom. The van der Waals surface area contributed by atoms with Crippen LogP contribution in [0.3, 0.4) is 0 Å². The number of amides is 1. The Morgan fingerprint density at radius 3 is 2.52 bits per heavy atom. The SMILES string of the molecule is O=C(N[C@@H]1CNC[C@H]1O)c1ccc(OCc2ccccc2)cc1. The standard InChI is InChI=1S/C18H20N2O3/c21-17-11-19-10-16(17)20-18(22)14-6-8-15(9-7-14)23-12-13-4-2-1-3-5-13/h1-9,16-17,19,21H,10-12H2,(H,20,22)/t16-,17-/m1/s1. The van der Waals surface area contributed by atoms with Crippen LogP contribution < -0.4 is 15.4 Å². The average Bonchev–Trinajstić information content (AvgIpc) is 2.99. The molecule has 3 rings (SSSR count). The lowest BCUT2D eigenvalue weighted by Crippen LogP contribution is -2.42. The fraction of sp³-hybridized carbons (Fsp3) is 0.278. The number of ether oxygens (including phenoxy) is 1. The second-order valence-corrected chi connectivity index (χ2v) is 5.60. The van der Waals surface area contributed by atoms with Crippen molar-refractivity contribution in [3.8, 4) is 5.75 Å². The van der Waals surface area contributed by atoms with Gasteiger partial charge in [-0.15, -0.1) is 0 Å². The number of hydrogen-bond donors (Lipinski definition) is 3. The van der Waals surface area contributed by atoms with Gasteiger partial charge in [0, 0.05) is 18.7 Å². The number of β-amino-alcohol motifs (C(OH)–C–C–N with tert-alkyl or cyclic N) is 1. The fourth-order valence-electron chi connectivity index (χ4n) is 2.51. The van der Waals surface area contributed by atoms with Gasteiger partial charge in [0.2, 0.25) is 0 Å². The molecule has 5 nitrogen and oxygen atoms in total. The Hall–Kier alpha value is -2.37. The predicted molar refractivity (Wildman–Crippen MR) is 87.3 cm³/mol. The molecule has 1 amide bonds. The summed E-state index contributed by atoms with van der Waals surface area (Å²) in [6.45, 7) is 1.59. The highest BCUT2D eigenvalue weighted by atomic mass is 16.5. The average molecular weight is 312 g/mol. The fourth-order valence-corrected chi connectivity index (χ4v) is 2.51. The molecule has 0 radical (unpaired) electrons. The van der Waals surface area contributed by atoms with Crippen molar-refractivity contribution in [2.24, 2.45) is 0 Å². The zero-order chi connectivity index (χ0) is 16.1. The molecule has 2 atom stereocenters. The lowest BCUT2D eigenvalue weighted by Gasteiger charge is -2.15. The van der Waals surface area contributed by atoms with Crippen LogP contribution in [0.2, 0.25) is 0 Å². The number of carbonyl (C=O) groups excluding carboxylic acids is 1. The van der Waals surface area contributed by atoms with Crippen molar-refractivity contribution < 1.29 is 14.6 Å². The van der Waals surface area contributed by atoms with Crippen molar-refractivity contribution in [2.45, 2.75) is 18.8 Å². The van der Waals surface area contributed by atoms with E-state index < -0.39 is 6.10 Å². The Bertz CT molecular complexity index is 643. The van der Waals surface area contributed by atoms with Gasteiger partial charge in [0.1, 0.15) is 12.4 Å². The highest BCUT2D eigenvalue weighted by Gasteiger charge is 2.26. The van der Waals surface area contributed by atoms with Gasteiger partial charge in [-0.25, -0.2) is 0 Å². The molecule has 0 unspecified atom stereocenters. The molecule has 0 aliphatic carbocycles. The molecule has 1 fully saturated rings. The molecule has 0 bridgehead atoms. The van der Waals surface area contributed by atoms with E-state index in [2.05, 4.69) is 10.6 Å². The minimum Gasteiger partial charge on any atom is -0.489 e. The van der Waals surface area contributed by atoms with Crippen LogP contribution in [0.1, 0.15) is 15.9 Å². The third-order valence-electron chi connectivity index (χ3n) is 3.86. The van der Waals surface area contributed by atoms with Gasteiger partial charge in [0.25, 0.3) is 5.91 Å². The lowest BCUT2D eigenvalue weighted by molar-refractivity contribution is 0.0888. The summed E-state index contributed by atoms with van der Waals surface area (Å²) in [5, 5.41) is 15.6. The van der Waals surface area contributed by atoms with Crippen molar-refractivity contribution in [1.29, 1.82) is 0 Å². The Balaban J connectivity index is 1.55. The van der Waals surface area contributed by atoms with E-state index in [1.165, 1.54) is 0 Å². The number of aliphatic hydroxyl groups is 1. The minimum atomic E-state index is -0.535. The number of rotatable bonds is 5. The normalized spacial score (nSPS) is 20.2. The van der Waals surface area contributed by atoms with Crippen LogP contribution in [0.15, 0.2) is 54.6 Å². The van der Waals surface area contributed by atoms with Gasteiger partial charge >= 0.3 is 0 Å². The molecule has 2 aromatic rings. The zero-order valence-corrected chi connectivity index (χ0v) is 12.7. The van der Waals surface area contributed by atoms with Crippen LogP contribution in [0.4, 0.5) is 0 Å². The molecular formula is C18H20N2O3. The molecule has 1 aliphatic rings. The van der Waals surface area contributed by atoms with Gasteiger partial charge in [0.05, 0.1) is 12.1 Å². The van der Waals surface area contributed by atoms with E-state index in [1.807, 2.05) is 30.3 Å². The topological polar surface area (TPSA) is 70.6 Å². The summed E-state index contributed by atoms with van der Waals surface area (Å²) in [4.78, 5) is 12.1. The zero-order valence-electron chi connectivity index (χ0n) is 12.7. The van der Waals surface area contributed by atoms with Crippen molar-refractivity contribution >= 4 is 5.91 Å². The minimum absolute atomic E-state index is 0.188. The molecule has 23 heavy (non-hydrogen) atoms. The number of hydrogen-bond acceptors (Lipinski definition) is 4. The van der Waals surface area contributed by atoms with Crippen LogP contribution in [0.5, 0.6) is 5.75 Å². The smallest absolute Gasteiger partial charge is 0.251 e. The van der Waals surface area contributed by atoms with Crippen LogP contribution in [-0.4, -0.2) is 36.2 Å². The molecule has 0 saturated carbocycles. The largest absolute Gasteiger partial charge is 0.489 e. The van der Waals surface area contributed by atoms with Crippen LogP contribution in [-0.2, 0) is 6.61 Å². The van der Waals surface area contributed by atoms with Gasteiger partial charge in [-0.2, -0.15) is 0 Å². The number of benzene rings is 2. The van der Waals surface area contributed by atoms with Crippen LogP contribution in [0, 0.1) is 0 Å². The number of carbonyl (C=O) groups is 1. The van der Waals surface area contributed by atoms with E-state index >= 15 is 0 Å². The first kappa shape index (κ1) is 15.5. The molecule has 1 aliphatic heterocycles. The molecule has 1 saturated heterocycles. The first-order valence-corrected chi connectivity index (χ1v) is 7.69.